The molecule has 0 unspecified atom stereocenters. The van der Waals surface area contributed by atoms with Gasteiger partial charge in [0, 0.05) is 18.0 Å². The standard InChI is InChI=1S/C13H17N3OS/c1-2-10-6-11-12(15-8-16-13(11)18-10)14-7-9-4-3-5-17-9/h6,8-9H,2-5,7H2,1H3,(H,14,15,16)/t9-/m1/s1. The number of hydrogen-bond donors (Lipinski definition) is 1. The zero-order valence-corrected chi connectivity index (χ0v) is 11.3. The van der Waals surface area contributed by atoms with Crippen molar-refractivity contribution < 1.29 is 4.74 Å². The Morgan fingerprint density at radius 3 is 3.22 bits per heavy atom. The van der Waals surface area contributed by atoms with Crippen molar-refractivity contribution >= 4 is 27.4 Å². The van der Waals surface area contributed by atoms with E-state index in [1.54, 1.807) is 17.7 Å². The molecular formula is C13H17N3OS. The van der Waals surface area contributed by atoms with E-state index in [1.165, 1.54) is 11.3 Å². The van der Waals surface area contributed by atoms with E-state index in [-0.39, 0.29) is 0 Å². The van der Waals surface area contributed by atoms with E-state index in [0.29, 0.717) is 6.10 Å². The fourth-order valence-electron chi connectivity index (χ4n) is 2.24. The molecule has 5 heteroatoms. The van der Waals surface area contributed by atoms with Crippen LogP contribution in [0.25, 0.3) is 10.2 Å². The van der Waals surface area contributed by atoms with Gasteiger partial charge in [-0.15, -0.1) is 11.3 Å². The number of aryl methyl sites for hydroxylation is 1. The van der Waals surface area contributed by atoms with E-state index < -0.39 is 0 Å². The van der Waals surface area contributed by atoms with Crippen molar-refractivity contribution in [2.75, 3.05) is 18.5 Å². The van der Waals surface area contributed by atoms with Gasteiger partial charge >= 0.3 is 0 Å². The van der Waals surface area contributed by atoms with Gasteiger partial charge in [0.15, 0.2) is 0 Å². The third-order valence-electron chi connectivity index (χ3n) is 3.25. The molecule has 1 atom stereocenters. The number of aromatic nitrogens is 2. The first-order valence-corrected chi connectivity index (χ1v) is 7.27. The predicted octanol–water partition coefficient (Wildman–Crippen LogP) is 2.84. The smallest absolute Gasteiger partial charge is 0.138 e. The van der Waals surface area contributed by atoms with Crippen LogP contribution in [0.4, 0.5) is 5.82 Å². The molecule has 1 N–H and O–H groups in total. The van der Waals surface area contributed by atoms with Gasteiger partial charge in [-0.1, -0.05) is 6.92 Å². The number of rotatable bonds is 4. The summed E-state index contributed by atoms with van der Waals surface area (Å²) in [5.41, 5.74) is 0. The van der Waals surface area contributed by atoms with Crippen LogP contribution in [-0.2, 0) is 11.2 Å². The van der Waals surface area contributed by atoms with Gasteiger partial charge in [-0.25, -0.2) is 9.97 Å². The lowest BCUT2D eigenvalue weighted by atomic mass is 10.2. The second kappa shape index (κ2) is 5.20. The number of nitrogens with one attached hydrogen (secondary N) is 1. The highest BCUT2D eigenvalue weighted by Gasteiger charge is 2.16. The fourth-order valence-corrected chi connectivity index (χ4v) is 3.17. The maximum atomic E-state index is 5.61. The average molecular weight is 263 g/mol. The third kappa shape index (κ3) is 2.33. The molecule has 3 rings (SSSR count). The van der Waals surface area contributed by atoms with Crippen molar-refractivity contribution in [2.24, 2.45) is 0 Å². The lowest BCUT2D eigenvalue weighted by Gasteiger charge is -2.11. The largest absolute Gasteiger partial charge is 0.376 e. The van der Waals surface area contributed by atoms with Crippen LogP contribution in [0, 0.1) is 0 Å². The molecule has 96 valence electrons. The van der Waals surface area contributed by atoms with E-state index in [2.05, 4.69) is 28.3 Å². The van der Waals surface area contributed by atoms with E-state index >= 15 is 0 Å². The Labute approximate surface area is 110 Å². The highest BCUT2D eigenvalue weighted by molar-refractivity contribution is 7.18. The summed E-state index contributed by atoms with van der Waals surface area (Å²) in [7, 11) is 0. The lowest BCUT2D eigenvalue weighted by molar-refractivity contribution is 0.120. The zero-order valence-electron chi connectivity index (χ0n) is 10.5. The van der Waals surface area contributed by atoms with E-state index in [4.69, 9.17) is 4.74 Å². The zero-order chi connectivity index (χ0) is 12.4. The van der Waals surface area contributed by atoms with Crippen LogP contribution in [0.5, 0.6) is 0 Å². The Kier molecular flexibility index (Phi) is 3.43. The van der Waals surface area contributed by atoms with Gasteiger partial charge in [0.1, 0.15) is 17.0 Å². The molecule has 0 amide bonds. The fraction of sp³-hybridized carbons (Fsp3) is 0.538. The van der Waals surface area contributed by atoms with Gasteiger partial charge < -0.3 is 10.1 Å². The van der Waals surface area contributed by atoms with Gasteiger partial charge in [-0.2, -0.15) is 0 Å². The number of thiophene rings is 1. The van der Waals surface area contributed by atoms with Gasteiger partial charge in [-0.3, -0.25) is 0 Å². The maximum absolute atomic E-state index is 5.61. The number of fused-ring (bicyclic) bond motifs is 1. The Hall–Kier alpha value is -1.20. The van der Waals surface area contributed by atoms with E-state index in [1.807, 2.05) is 0 Å². The number of nitrogens with zero attached hydrogens (tertiary/aromatic N) is 2. The maximum Gasteiger partial charge on any atom is 0.138 e. The Balaban J connectivity index is 1.79. The monoisotopic (exact) mass is 263 g/mol. The summed E-state index contributed by atoms with van der Waals surface area (Å²) in [6.45, 7) is 3.89. The number of ether oxygens (including phenoxy) is 1. The molecule has 4 nitrogen and oxygen atoms in total. The van der Waals surface area contributed by atoms with Crippen LogP contribution >= 0.6 is 11.3 Å². The first kappa shape index (κ1) is 11.9. The van der Waals surface area contributed by atoms with Crippen LogP contribution in [0.2, 0.25) is 0 Å². The van der Waals surface area contributed by atoms with Crippen LogP contribution in [0.3, 0.4) is 0 Å². The first-order valence-electron chi connectivity index (χ1n) is 6.45. The topological polar surface area (TPSA) is 47.0 Å². The van der Waals surface area contributed by atoms with Crippen molar-refractivity contribution in [3.05, 3.63) is 17.3 Å². The summed E-state index contributed by atoms with van der Waals surface area (Å²) in [4.78, 5) is 11.1. The van der Waals surface area contributed by atoms with Gasteiger partial charge in [0.05, 0.1) is 11.5 Å². The van der Waals surface area contributed by atoms with Gasteiger partial charge in [0.25, 0.3) is 0 Å². The molecule has 0 spiro atoms. The average Bonchev–Trinajstić information content (AvgIpc) is 3.04. The van der Waals surface area contributed by atoms with E-state index in [0.717, 1.165) is 42.0 Å². The van der Waals surface area contributed by atoms with Gasteiger partial charge in [-0.05, 0) is 25.3 Å². The Morgan fingerprint density at radius 2 is 2.44 bits per heavy atom. The number of anilines is 1. The highest BCUT2D eigenvalue weighted by Crippen LogP contribution is 2.28. The molecule has 0 aromatic carbocycles. The minimum absolute atomic E-state index is 0.333. The molecule has 0 bridgehead atoms. The third-order valence-corrected chi connectivity index (χ3v) is 4.44. The van der Waals surface area contributed by atoms with Crippen molar-refractivity contribution in [3.63, 3.8) is 0 Å². The van der Waals surface area contributed by atoms with Crippen LogP contribution < -0.4 is 5.32 Å². The summed E-state index contributed by atoms with van der Waals surface area (Å²) in [6, 6.07) is 2.19. The summed E-state index contributed by atoms with van der Waals surface area (Å²) >= 11 is 1.75. The van der Waals surface area contributed by atoms with Crippen molar-refractivity contribution in [1.29, 1.82) is 0 Å². The van der Waals surface area contributed by atoms with Crippen molar-refractivity contribution in [1.82, 2.24) is 9.97 Å². The van der Waals surface area contributed by atoms with Crippen molar-refractivity contribution in [2.45, 2.75) is 32.3 Å². The molecular weight excluding hydrogens is 246 g/mol. The van der Waals surface area contributed by atoms with Crippen LogP contribution in [0.15, 0.2) is 12.4 Å². The minimum atomic E-state index is 0.333. The summed E-state index contributed by atoms with van der Waals surface area (Å²) < 4.78 is 5.61. The summed E-state index contributed by atoms with van der Waals surface area (Å²) in [6.07, 6.45) is 5.33. The molecule has 2 aromatic heterocycles. The van der Waals surface area contributed by atoms with Crippen LogP contribution in [0.1, 0.15) is 24.6 Å². The molecule has 1 saturated heterocycles. The molecule has 18 heavy (non-hydrogen) atoms. The van der Waals surface area contributed by atoms with Crippen LogP contribution in [-0.4, -0.2) is 29.2 Å². The number of hydrogen-bond acceptors (Lipinski definition) is 5. The molecule has 1 aliphatic rings. The first-order chi connectivity index (χ1) is 8.86. The lowest BCUT2D eigenvalue weighted by Crippen LogP contribution is -2.19. The molecule has 0 radical (unpaired) electrons. The minimum Gasteiger partial charge on any atom is -0.376 e. The van der Waals surface area contributed by atoms with Crippen molar-refractivity contribution in [3.8, 4) is 0 Å². The highest BCUT2D eigenvalue weighted by atomic mass is 32.1. The Bertz CT molecular complexity index is 534. The molecule has 1 fully saturated rings. The molecule has 0 aliphatic carbocycles. The normalized spacial score (nSPS) is 19.5. The quantitative estimate of drug-likeness (QED) is 0.921. The SMILES string of the molecule is CCc1cc2c(NC[C@H]3CCCO3)ncnc2s1. The molecule has 2 aromatic rings. The summed E-state index contributed by atoms with van der Waals surface area (Å²) in [5, 5.41) is 4.53. The van der Waals surface area contributed by atoms with E-state index in [9.17, 15) is 0 Å². The second-order valence-corrected chi connectivity index (χ2v) is 5.64. The molecule has 0 saturated carbocycles. The Morgan fingerprint density at radius 1 is 1.50 bits per heavy atom. The summed E-state index contributed by atoms with van der Waals surface area (Å²) in [5.74, 6) is 0.937. The predicted molar refractivity (Wildman–Crippen MR) is 74.3 cm³/mol. The molecule has 1 aliphatic heterocycles. The molecule has 3 heterocycles. The second-order valence-electron chi connectivity index (χ2n) is 4.52. The van der Waals surface area contributed by atoms with Gasteiger partial charge in [0.2, 0.25) is 0 Å².